The van der Waals surface area contributed by atoms with E-state index in [1.165, 1.54) is 0 Å². The molecule has 0 aromatic carbocycles. The van der Waals surface area contributed by atoms with Gasteiger partial charge in [-0.2, -0.15) is 0 Å². The van der Waals surface area contributed by atoms with E-state index in [1.54, 1.807) is 13.8 Å². The van der Waals surface area contributed by atoms with Crippen molar-refractivity contribution in [1.29, 1.82) is 0 Å². The fraction of sp³-hybridized carbons (Fsp3) is 0.933. The lowest BCUT2D eigenvalue weighted by Crippen LogP contribution is -2.42. The lowest BCUT2D eigenvalue weighted by atomic mass is 9.76. The zero-order valence-corrected chi connectivity index (χ0v) is 12.1. The van der Waals surface area contributed by atoms with E-state index >= 15 is 0 Å². The van der Waals surface area contributed by atoms with Gasteiger partial charge in [-0.15, -0.1) is 0 Å². The normalized spacial score (nSPS) is 44.0. The number of Topliss-reactive ketones (excluding diaryl/α,β-unsaturated/α-hetero) is 1. The van der Waals surface area contributed by atoms with Crippen molar-refractivity contribution >= 4 is 5.78 Å². The van der Waals surface area contributed by atoms with Gasteiger partial charge in [0.15, 0.2) is 0 Å². The molecule has 0 amide bonds. The molecule has 19 heavy (non-hydrogen) atoms. The standard InChI is InChI=1S/C15H26O4/c1-9-11-6-10(14(2,3)18)4-5-15(19,8-16)12(11)7-13(9)17/h9-12,16,18-19H,4-8H2,1-3H3/t9-,10+,11-,12-,15-/m0/s1. The van der Waals surface area contributed by atoms with Crippen molar-refractivity contribution in [2.75, 3.05) is 6.61 Å². The second-order valence-electron chi connectivity index (χ2n) is 7.12. The molecule has 0 spiro atoms. The number of hydrogen-bond acceptors (Lipinski definition) is 4. The molecule has 0 heterocycles. The third-order valence-electron chi connectivity index (χ3n) is 5.53. The molecule has 2 saturated carbocycles. The van der Waals surface area contributed by atoms with Gasteiger partial charge in [0, 0.05) is 18.3 Å². The maximum Gasteiger partial charge on any atom is 0.136 e. The van der Waals surface area contributed by atoms with Gasteiger partial charge in [-0.25, -0.2) is 0 Å². The zero-order valence-electron chi connectivity index (χ0n) is 12.1. The van der Waals surface area contributed by atoms with Crippen molar-refractivity contribution in [1.82, 2.24) is 0 Å². The van der Waals surface area contributed by atoms with Crippen LogP contribution in [0.2, 0.25) is 0 Å². The van der Waals surface area contributed by atoms with Crippen molar-refractivity contribution in [2.45, 2.75) is 57.7 Å². The molecule has 0 bridgehead atoms. The highest BCUT2D eigenvalue weighted by molar-refractivity contribution is 5.83. The number of hydrogen-bond donors (Lipinski definition) is 3. The van der Waals surface area contributed by atoms with Gasteiger partial charge in [0.1, 0.15) is 5.78 Å². The number of carbonyl (C=O) groups excluding carboxylic acids is 1. The lowest BCUT2D eigenvalue weighted by Gasteiger charge is -2.34. The molecule has 0 aromatic rings. The van der Waals surface area contributed by atoms with Crippen LogP contribution in [0, 0.1) is 23.7 Å². The highest BCUT2D eigenvalue weighted by Gasteiger charge is 2.53. The Bertz CT molecular complexity index is 360. The fourth-order valence-electron chi connectivity index (χ4n) is 3.99. The largest absolute Gasteiger partial charge is 0.393 e. The average molecular weight is 270 g/mol. The number of fused-ring (bicyclic) bond motifs is 1. The second-order valence-corrected chi connectivity index (χ2v) is 7.12. The number of rotatable bonds is 2. The van der Waals surface area contributed by atoms with Gasteiger partial charge in [0.25, 0.3) is 0 Å². The SMILES string of the molecule is C[C@@H]1C(=O)C[C@H]2[C@H]1C[C@H](C(C)(C)O)CC[C@]2(O)CO. The molecule has 0 aliphatic heterocycles. The zero-order chi connectivity index (χ0) is 14.4. The van der Waals surface area contributed by atoms with E-state index in [9.17, 15) is 20.1 Å². The molecule has 0 unspecified atom stereocenters. The molecule has 0 aromatic heterocycles. The van der Waals surface area contributed by atoms with Crippen LogP contribution in [-0.4, -0.2) is 38.9 Å². The van der Waals surface area contributed by atoms with E-state index in [4.69, 9.17) is 0 Å². The Balaban J connectivity index is 2.31. The van der Waals surface area contributed by atoms with E-state index in [1.807, 2.05) is 6.92 Å². The summed E-state index contributed by atoms with van der Waals surface area (Å²) in [7, 11) is 0. The fourth-order valence-corrected chi connectivity index (χ4v) is 3.99. The van der Waals surface area contributed by atoms with E-state index in [0.717, 1.165) is 6.42 Å². The van der Waals surface area contributed by atoms with Crippen molar-refractivity contribution in [3.63, 3.8) is 0 Å². The summed E-state index contributed by atoms with van der Waals surface area (Å²) < 4.78 is 0. The summed E-state index contributed by atoms with van der Waals surface area (Å²) in [6.07, 6.45) is 2.26. The lowest BCUT2D eigenvalue weighted by molar-refractivity contribution is -0.122. The quantitative estimate of drug-likeness (QED) is 0.703. The molecule has 2 rings (SSSR count). The van der Waals surface area contributed by atoms with Gasteiger partial charge in [-0.05, 0) is 44.9 Å². The van der Waals surface area contributed by atoms with Crippen molar-refractivity contribution in [3.05, 3.63) is 0 Å². The number of carbonyl (C=O) groups is 1. The van der Waals surface area contributed by atoms with E-state index < -0.39 is 11.2 Å². The summed E-state index contributed by atoms with van der Waals surface area (Å²) >= 11 is 0. The van der Waals surface area contributed by atoms with Gasteiger partial charge in [-0.1, -0.05) is 6.92 Å². The number of aliphatic hydroxyl groups excluding tert-OH is 1. The first-order valence-electron chi connectivity index (χ1n) is 7.27. The van der Waals surface area contributed by atoms with Gasteiger partial charge in [-0.3, -0.25) is 4.79 Å². The van der Waals surface area contributed by atoms with Crippen LogP contribution in [0.3, 0.4) is 0 Å². The van der Waals surface area contributed by atoms with Crippen LogP contribution in [0.1, 0.15) is 46.5 Å². The van der Waals surface area contributed by atoms with E-state index in [-0.39, 0.29) is 36.1 Å². The summed E-state index contributed by atoms with van der Waals surface area (Å²) in [4.78, 5) is 12.0. The van der Waals surface area contributed by atoms with Crippen LogP contribution in [-0.2, 0) is 4.79 Å². The Hall–Kier alpha value is -0.450. The smallest absolute Gasteiger partial charge is 0.136 e. The Kier molecular flexibility index (Phi) is 3.80. The van der Waals surface area contributed by atoms with Crippen LogP contribution in [0.5, 0.6) is 0 Å². The molecule has 4 heteroatoms. The average Bonchev–Trinajstić information content (AvgIpc) is 2.52. The molecule has 2 fully saturated rings. The first kappa shape index (κ1) is 14.9. The van der Waals surface area contributed by atoms with Gasteiger partial charge in [0.05, 0.1) is 17.8 Å². The highest BCUT2D eigenvalue weighted by atomic mass is 16.3. The number of aliphatic hydroxyl groups is 3. The van der Waals surface area contributed by atoms with E-state index in [0.29, 0.717) is 19.3 Å². The molecule has 2 aliphatic carbocycles. The van der Waals surface area contributed by atoms with Crippen molar-refractivity contribution in [2.24, 2.45) is 23.7 Å². The molecule has 4 nitrogen and oxygen atoms in total. The summed E-state index contributed by atoms with van der Waals surface area (Å²) in [6.45, 7) is 5.19. The van der Waals surface area contributed by atoms with Crippen LogP contribution < -0.4 is 0 Å². The summed E-state index contributed by atoms with van der Waals surface area (Å²) in [5, 5.41) is 30.5. The van der Waals surface area contributed by atoms with Crippen LogP contribution >= 0.6 is 0 Å². The Labute approximate surface area is 114 Å². The van der Waals surface area contributed by atoms with Crippen molar-refractivity contribution in [3.8, 4) is 0 Å². The molecule has 110 valence electrons. The highest BCUT2D eigenvalue weighted by Crippen LogP contribution is 2.50. The predicted molar refractivity (Wildman–Crippen MR) is 71.4 cm³/mol. The minimum Gasteiger partial charge on any atom is -0.393 e. The maximum absolute atomic E-state index is 12.0. The molecule has 5 atom stereocenters. The predicted octanol–water partition coefficient (Wildman–Crippen LogP) is 1.12. The number of ketones is 1. The third-order valence-corrected chi connectivity index (χ3v) is 5.53. The maximum atomic E-state index is 12.0. The Morgan fingerprint density at radius 3 is 2.58 bits per heavy atom. The summed E-state index contributed by atoms with van der Waals surface area (Å²) in [5.74, 6) is 0.0779. The summed E-state index contributed by atoms with van der Waals surface area (Å²) in [5.41, 5.74) is -1.97. The second kappa shape index (κ2) is 4.83. The van der Waals surface area contributed by atoms with Gasteiger partial charge < -0.3 is 15.3 Å². The molecular formula is C15H26O4. The van der Waals surface area contributed by atoms with E-state index in [2.05, 4.69) is 0 Å². The minimum absolute atomic E-state index is 0.0638. The van der Waals surface area contributed by atoms with Gasteiger partial charge >= 0.3 is 0 Å². The van der Waals surface area contributed by atoms with Crippen LogP contribution in [0.4, 0.5) is 0 Å². The molecular weight excluding hydrogens is 244 g/mol. The van der Waals surface area contributed by atoms with Crippen LogP contribution in [0.15, 0.2) is 0 Å². The molecule has 3 N–H and O–H groups in total. The van der Waals surface area contributed by atoms with Crippen molar-refractivity contribution < 1.29 is 20.1 Å². The summed E-state index contributed by atoms with van der Waals surface area (Å²) in [6, 6.07) is 0. The topological polar surface area (TPSA) is 77.8 Å². The third kappa shape index (κ3) is 2.58. The monoisotopic (exact) mass is 270 g/mol. The first-order chi connectivity index (χ1) is 8.69. The van der Waals surface area contributed by atoms with Crippen LogP contribution in [0.25, 0.3) is 0 Å². The first-order valence-corrected chi connectivity index (χ1v) is 7.27. The Morgan fingerprint density at radius 1 is 1.42 bits per heavy atom. The molecule has 0 radical (unpaired) electrons. The molecule has 0 saturated heterocycles. The minimum atomic E-state index is -1.16. The Morgan fingerprint density at radius 2 is 2.05 bits per heavy atom. The van der Waals surface area contributed by atoms with Gasteiger partial charge in [0.2, 0.25) is 0 Å². The molecule has 2 aliphatic rings.